The maximum Gasteiger partial charge on any atom is 0.296 e. The maximum atomic E-state index is 13.3. The summed E-state index contributed by atoms with van der Waals surface area (Å²) >= 11 is 12.5. The highest BCUT2D eigenvalue weighted by atomic mass is 35.5. The lowest BCUT2D eigenvalue weighted by molar-refractivity contribution is 0.102. The first-order valence-corrected chi connectivity index (χ1v) is 13.9. The summed E-state index contributed by atoms with van der Waals surface area (Å²) in [5, 5.41) is 23.5. The predicted molar refractivity (Wildman–Crippen MR) is 151 cm³/mol. The summed E-state index contributed by atoms with van der Waals surface area (Å²) in [7, 11) is -4.54. The molecule has 0 unspecified atom stereocenters. The Balaban J connectivity index is 1.82. The molecule has 1 amide bonds. The second kappa shape index (κ2) is 11.6. The van der Waals surface area contributed by atoms with Gasteiger partial charge < -0.3 is 15.2 Å². The number of rotatable bonds is 8. The zero-order valence-electron chi connectivity index (χ0n) is 20.8. The standard InChI is InChI=1S/C27H23Cl2N3O6S/c1-3-16-20(12-13-22(23(16)29)39(35,36)37)31-32-24-17-9-6-5-8-15(17)14-18(26(24)33)27(34)30-25-19(28)10-7-11-21(25)38-4-2/h5-14,33H,3-4H2,1-2H3,(H,30,34)(H,35,36,37). The average molecular weight is 588 g/mol. The van der Waals surface area contributed by atoms with Crippen LogP contribution >= 0.6 is 23.2 Å². The molecule has 0 fully saturated rings. The minimum Gasteiger partial charge on any atom is -0.505 e. The summed E-state index contributed by atoms with van der Waals surface area (Å²) in [6, 6.07) is 15.9. The number of nitrogens with one attached hydrogen (secondary N) is 1. The van der Waals surface area contributed by atoms with E-state index >= 15 is 0 Å². The predicted octanol–water partition coefficient (Wildman–Crippen LogP) is 7.73. The van der Waals surface area contributed by atoms with E-state index in [2.05, 4.69) is 15.5 Å². The molecule has 4 aromatic rings. The Bertz CT molecular complexity index is 1720. The van der Waals surface area contributed by atoms with Crippen LogP contribution in [0.2, 0.25) is 10.0 Å². The van der Waals surface area contributed by atoms with Crippen LogP contribution in [0.4, 0.5) is 17.1 Å². The van der Waals surface area contributed by atoms with E-state index in [1.807, 2.05) is 0 Å². The number of anilines is 1. The molecule has 39 heavy (non-hydrogen) atoms. The van der Waals surface area contributed by atoms with Crippen molar-refractivity contribution in [1.82, 2.24) is 0 Å². The molecule has 4 rings (SSSR count). The van der Waals surface area contributed by atoms with E-state index in [-0.39, 0.29) is 39.1 Å². The van der Waals surface area contributed by atoms with Gasteiger partial charge in [-0.1, -0.05) is 60.5 Å². The Hall–Kier alpha value is -3.70. The van der Waals surface area contributed by atoms with Gasteiger partial charge >= 0.3 is 0 Å². The minimum atomic E-state index is -4.54. The van der Waals surface area contributed by atoms with Crippen LogP contribution in [-0.4, -0.2) is 30.6 Å². The van der Waals surface area contributed by atoms with Crippen LogP contribution in [0.25, 0.3) is 10.8 Å². The highest BCUT2D eigenvalue weighted by molar-refractivity contribution is 7.86. The fourth-order valence-corrected chi connectivity index (χ4v) is 5.39. The van der Waals surface area contributed by atoms with Gasteiger partial charge in [-0.3, -0.25) is 9.35 Å². The van der Waals surface area contributed by atoms with Crippen molar-refractivity contribution in [1.29, 1.82) is 0 Å². The average Bonchev–Trinajstić information content (AvgIpc) is 2.89. The largest absolute Gasteiger partial charge is 0.505 e. The number of carbonyl (C=O) groups is 1. The van der Waals surface area contributed by atoms with Gasteiger partial charge in [0.1, 0.15) is 22.0 Å². The molecule has 0 aliphatic heterocycles. The molecule has 3 N–H and O–H groups in total. The normalized spacial score (nSPS) is 11.7. The molecule has 0 spiro atoms. The number of hydrogen-bond donors (Lipinski definition) is 3. The van der Waals surface area contributed by atoms with Gasteiger partial charge in [-0.25, -0.2) is 0 Å². The Morgan fingerprint density at radius 1 is 1.03 bits per heavy atom. The molecule has 0 aromatic heterocycles. The summed E-state index contributed by atoms with van der Waals surface area (Å²) in [6.45, 7) is 3.88. The summed E-state index contributed by atoms with van der Waals surface area (Å²) in [4.78, 5) is 12.9. The lowest BCUT2D eigenvalue weighted by Crippen LogP contribution is -2.14. The number of aromatic hydroxyl groups is 1. The Morgan fingerprint density at radius 2 is 1.77 bits per heavy atom. The van der Waals surface area contributed by atoms with Crippen LogP contribution in [-0.2, 0) is 16.5 Å². The van der Waals surface area contributed by atoms with E-state index in [1.54, 1.807) is 56.3 Å². The van der Waals surface area contributed by atoms with E-state index in [1.165, 1.54) is 12.1 Å². The number of benzene rings is 4. The third kappa shape index (κ3) is 5.84. The highest BCUT2D eigenvalue weighted by Crippen LogP contribution is 2.41. The van der Waals surface area contributed by atoms with E-state index < -0.39 is 26.7 Å². The monoisotopic (exact) mass is 587 g/mol. The zero-order chi connectivity index (χ0) is 28.3. The smallest absolute Gasteiger partial charge is 0.296 e. The molecule has 0 aliphatic rings. The van der Waals surface area contributed by atoms with E-state index in [4.69, 9.17) is 27.9 Å². The van der Waals surface area contributed by atoms with Crippen molar-refractivity contribution in [2.75, 3.05) is 11.9 Å². The number of ether oxygens (including phenoxy) is 1. The zero-order valence-corrected chi connectivity index (χ0v) is 23.1. The quantitative estimate of drug-likeness (QED) is 0.142. The third-order valence-electron chi connectivity index (χ3n) is 5.83. The highest BCUT2D eigenvalue weighted by Gasteiger charge is 2.22. The van der Waals surface area contributed by atoms with E-state index in [0.29, 0.717) is 28.7 Å². The van der Waals surface area contributed by atoms with Gasteiger partial charge in [0.2, 0.25) is 0 Å². The number of azo groups is 1. The summed E-state index contributed by atoms with van der Waals surface area (Å²) in [5.74, 6) is -0.715. The second-order valence-corrected chi connectivity index (χ2v) is 10.4. The number of fused-ring (bicyclic) bond motifs is 1. The van der Waals surface area contributed by atoms with Crippen LogP contribution in [0.5, 0.6) is 11.5 Å². The maximum absolute atomic E-state index is 13.3. The molecular weight excluding hydrogens is 565 g/mol. The van der Waals surface area contributed by atoms with Crippen molar-refractivity contribution >= 4 is 67.1 Å². The van der Waals surface area contributed by atoms with Gasteiger partial charge in [0.15, 0.2) is 5.75 Å². The number of hydrogen-bond acceptors (Lipinski definition) is 7. The van der Waals surface area contributed by atoms with Crippen molar-refractivity contribution in [2.45, 2.75) is 25.2 Å². The van der Waals surface area contributed by atoms with Crippen molar-refractivity contribution in [3.63, 3.8) is 0 Å². The fourth-order valence-electron chi connectivity index (χ4n) is 4.00. The van der Waals surface area contributed by atoms with Gasteiger partial charge in [0.05, 0.1) is 27.9 Å². The van der Waals surface area contributed by atoms with Gasteiger partial charge in [-0.15, -0.1) is 5.11 Å². The first-order chi connectivity index (χ1) is 18.6. The molecule has 0 bridgehead atoms. The molecule has 0 saturated heterocycles. The second-order valence-electron chi connectivity index (χ2n) is 8.25. The summed E-state index contributed by atoms with van der Waals surface area (Å²) < 4.78 is 38.3. The lowest BCUT2D eigenvalue weighted by atomic mass is 10.0. The number of amides is 1. The molecule has 0 aliphatic carbocycles. The van der Waals surface area contributed by atoms with Crippen molar-refractivity contribution < 1.29 is 27.6 Å². The van der Waals surface area contributed by atoms with E-state index in [0.717, 1.165) is 6.07 Å². The number of nitrogens with zero attached hydrogens (tertiary/aromatic N) is 2. The van der Waals surface area contributed by atoms with Crippen LogP contribution in [0.15, 0.2) is 75.8 Å². The first-order valence-electron chi connectivity index (χ1n) is 11.7. The van der Waals surface area contributed by atoms with Gasteiger partial charge in [-0.05, 0) is 54.6 Å². The van der Waals surface area contributed by atoms with Gasteiger partial charge in [-0.2, -0.15) is 13.5 Å². The van der Waals surface area contributed by atoms with Crippen LogP contribution in [0.3, 0.4) is 0 Å². The van der Waals surface area contributed by atoms with Crippen LogP contribution < -0.4 is 10.1 Å². The molecule has 0 atom stereocenters. The molecule has 0 radical (unpaired) electrons. The van der Waals surface area contributed by atoms with E-state index in [9.17, 15) is 22.9 Å². The summed E-state index contributed by atoms with van der Waals surface area (Å²) in [5.41, 5.74) is 0.740. The fraction of sp³-hybridized carbons (Fsp3) is 0.148. The Morgan fingerprint density at radius 3 is 2.46 bits per heavy atom. The van der Waals surface area contributed by atoms with Crippen LogP contribution in [0, 0.1) is 0 Å². The number of halogens is 2. The first kappa shape index (κ1) is 28.3. The van der Waals surface area contributed by atoms with Crippen molar-refractivity contribution in [3.8, 4) is 11.5 Å². The van der Waals surface area contributed by atoms with Crippen molar-refractivity contribution in [2.24, 2.45) is 10.2 Å². The Kier molecular flexibility index (Phi) is 8.41. The SMILES string of the molecule is CCOc1cccc(Cl)c1NC(=O)c1cc2ccccc2c(N=Nc2ccc(S(=O)(=O)O)c(Cl)c2CC)c1O. The molecular formula is C27H23Cl2N3O6S. The van der Waals surface area contributed by atoms with Gasteiger partial charge in [0.25, 0.3) is 16.0 Å². The molecule has 12 heteroatoms. The van der Waals surface area contributed by atoms with Crippen molar-refractivity contribution in [3.05, 3.63) is 81.8 Å². The molecule has 9 nitrogen and oxygen atoms in total. The number of phenols is 1. The number of carbonyl (C=O) groups excluding carboxylic acids is 1. The molecule has 0 saturated carbocycles. The lowest BCUT2D eigenvalue weighted by Gasteiger charge is -2.15. The molecule has 202 valence electrons. The van der Waals surface area contributed by atoms with Gasteiger partial charge in [0, 0.05) is 5.39 Å². The third-order valence-corrected chi connectivity index (χ3v) is 7.58. The summed E-state index contributed by atoms with van der Waals surface area (Å²) in [6.07, 6.45) is 0.283. The number of phenolic OH excluding ortho intramolecular Hbond substituents is 1. The minimum absolute atomic E-state index is 0.0134. The van der Waals surface area contributed by atoms with Crippen LogP contribution in [0.1, 0.15) is 29.8 Å². The molecule has 4 aromatic carbocycles. The Labute approximate surface area is 234 Å². The molecule has 0 heterocycles. The topological polar surface area (TPSA) is 138 Å². The number of para-hydroxylation sites is 1.